The molecular weight excluding hydrogens is 298 g/mol. The van der Waals surface area contributed by atoms with Crippen molar-refractivity contribution in [3.8, 4) is 0 Å². The normalized spacial score (nSPS) is 26.3. The maximum Gasteiger partial charge on any atom is 0.317 e. The van der Waals surface area contributed by atoms with Crippen LogP contribution in [0.15, 0.2) is 16.8 Å². The molecule has 0 unspecified atom stereocenters. The summed E-state index contributed by atoms with van der Waals surface area (Å²) < 4.78 is 5.33. The summed E-state index contributed by atoms with van der Waals surface area (Å²) >= 11 is 1.73. The van der Waals surface area contributed by atoms with Crippen molar-refractivity contribution in [1.82, 2.24) is 15.1 Å². The van der Waals surface area contributed by atoms with Crippen molar-refractivity contribution in [3.63, 3.8) is 0 Å². The van der Waals surface area contributed by atoms with Crippen LogP contribution in [0.4, 0.5) is 4.79 Å². The van der Waals surface area contributed by atoms with Crippen LogP contribution in [0.2, 0.25) is 0 Å². The molecule has 6 heteroatoms. The molecule has 5 nitrogen and oxygen atoms in total. The van der Waals surface area contributed by atoms with Crippen LogP contribution in [-0.2, 0) is 4.74 Å². The Bertz CT molecular complexity index is 474. The number of urea groups is 1. The van der Waals surface area contributed by atoms with Crippen molar-refractivity contribution >= 4 is 17.4 Å². The van der Waals surface area contributed by atoms with Gasteiger partial charge in [0.05, 0.1) is 13.2 Å². The third-order valence-electron chi connectivity index (χ3n) is 4.66. The fourth-order valence-corrected chi connectivity index (χ4v) is 4.05. The van der Waals surface area contributed by atoms with Gasteiger partial charge in [0, 0.05) is 44.7 Å². The van der Waals surface area contributed by atoms with Gasteiger partial charge in [-0.25, -0.2) is 4.79 Å². The van der Waals surface area contributed by atoms with Gasteiger partial charge in [0.1, 0.15) is 0 Å². The molecule has 2 saturated heterocycles. The summed E-state index contributed by atoms with van der Waals surface area (Å²) in [7, 11) is 0. The van der Waals surface area contributed by atoms with Crippen molar-refractivity contribution in [3.05, 3.63) is 22.4 Å². The lowest BCUT2D eigenvalue weighted by atomic mass is 10.00. The van der Waals surface area contributed by atoms with Gasteiger partial charge in [0.2, 0.25) is 0 Å². The van der Waals surface area contributed by atoms with E-state index in [1.54, 1.807) is 11.3 Å². The van der Waals surface area contributed by atoms with Crippen LogP contribution in [0.1, 0.15) is 24.8 Å². The zero-order valence-corrected chi connectivity index (χ0v) is 14.0. The molecule has 2 atom stereocenters. The minimum atomic E-state index is 0.0819. The van der Waals surface area contributed by atoms with Gasteiger partial charge >= 0.3 is 6.03 Å². The summed E-state index contributed by atoms with van der Waals surface area (Å²) in [5, 5.41) is 7.40. The van der Waals surface area contributed by atoms with Crippen LogP contribution in [0.3, 0.4) is 0 Å². The smallest absolute Gasteiger partial charge is 0.317 e. The summed E-state index contributed by atoms with van der Waals surface area (Å²) in [6.07, 6.45) is 1.06. The highest BCUT2D eigenvalue weighted by atomic mass is 32.1. The Morgan fingerprint density at radius 1 is 1.45 bits per heavy atom. The molecule has 2 fully saturated rings. The largest absolute Gasteiger partial charge is 0.379 e. The van der Waals surface area contributed by atoms with Gasteiger partial charge in [0.25, 0.3) is 0 Å². The molecule has 2 aliphatic rings. The number of likely N-dealkylation sites (tertiary alicyclic amines) is 1. The number of rotatable bonds is 4. The van der Waals surface area contributed by atoms with Crippen LogP contribution in [0, 0.1) is 0 Å². The Balaban J connectivity index is 1.43. The maximum atomic E-state index is 12.4. The van der Waals surface area contributed by atoms with Crippen LogP contribution in [-0.4, -0.2) is 67.8 Å². The van der Waals surface area contributed by atoms with Crippen molar-refractivity contribution in [2.75, 3.05) is 45.9 Å². The molecule has 0 spiro atoms. The van der Waals surface area contributed by atoms with Gasteiger partial charge in [0.15, 0.2) is 0 Å². The van der Waals surface area contributed by atoms with Crippen LogP contribution in [0.5, 0.6) is 0 Å². The quantitative estimate of drug-likeness (QED) is 0.921. The van der Waals surface area contributed by atoms with Crippen LogP contribution >= 0.6 is 11.3 Å². The lowest BCUT2D eigenvalue weighted by molar-refractivity contribution is 0.0386. The number of carbonyl (C=O) groups is 1. The summed E-state index contributed by atoms with van der Waals surface area (Å²) in [6, 6.07) is 2.58. The summed E-state index contributed by atoms with van der Waals surface area (Å²) in [5.74, 6) is 0.492. The second kappa shape index (κ2) is 7.44. The molecule has 0 bridgehead atoms. The van der Waals surface area contributed by atoms with E-state index >= 15 is 0 Å². The molecule has 22 heavy (non-hydrogen) atoms. The third kappa shape index (κ3) is 3.80. The van der Waals surface area contributed by atoms with Gasteiger partial charge < -0.3 is 15.0 Å². The second-order valence-electron chi connectivity index (χ2n) is 6.18. The molecule has 1 aromatic heterocycles. The average Bonchev–Trinajstić information content (AvgIpc) is 3.17. The highest BCUT2D eigenvalue weighted by molar-refractivity contribution is 7.07. The number of nitrogens with zero attached hydrogens (tertiary/aromatic N) is 2. The number of nitrogens with one attached hydrogen (secondary N) is 1. The third-order valence-corrected chi connectivity index (χ3v) is 5.36. The SMILES string of the molecule is C[C@H]1C[C@H](c2ccsc2)CN1C(=O)NCCN1CCOCC1. The zero-order valence-electron chi connectivity index (χ0n) is 13.2. The monoisotopic (exact) mass is 323 g/mol. The number of carbonyl (C=O) groups excluding carboxylic acids is 1. The van der Waals surface area contributed by atoms with Gasteiger partial charge in [-0.1, -0.05) is 0 Å². The van der Waals surface area contributed by atoms with E-state index in [0.29, 0.717) is 18.5 Å². The van der Waals surface area contributed by atoms with Crippen molar-refractivity contribution in [2.24, 2.45) is 0 Å². The predicted octanol–water partition coefficient (Wildman–Crippen LogP) is 1.97. The molecule has 3 heterocycles. The second-order valence-corrected chi connectivity index (χ2v) is 6.96. The summed E-state index contributed by atoms with van der Waals surface area (Å²) in [6.45, 7) is 8.15. The van der Waals surface area contributed by atoms with E-state index in [1.807, 2.05) is 4.90 Å². The molecule has 1 N–H and O–H groups in total. The minimum Gasteiger partial charge on any atom is -0.379 e. The molecule has 1 aromatic rings. The standard InChI is InChI=1S/C16H25N3O2S/c1-13-10-15(14-2-9-22-12-14)11-19(13)16(20)17-3-4-18-5-7-21-8-6-18/h2,9,12-13,15H,3-8,10-11H2,1H3,(H,17,20)/t13-,15-/m0/s1. The van der Waals surface area contributed by atoms with Crippen molar-refractivity contribution in [1.29, 1.82) is 0 Å². The number of thiophene rings is 1. The molecule has 0 saturated carbocycles. The molecule has 0 aliphatic carbocycles. The van der Waals surface area contributed by atoms with Crippen LogP contribution in [0.25, 0.3) is 0 Å². The lowest BCUT2D eigenvalue weighted by Crippen LogP contribution is -2.46. The van der Waals surface area contributed by atoms with Crippen molar-refractivity contribution < 1.29 is 9.53 Å². The van der Waals surface area contributed by atoms with E-state index < -0.39 is 0 Å². The molecule has 2 amide bonds. The van der Waals surface area contributed by atoms with Crippen molar-refractivity contribution in [2.45, 2.75) is 25.3 Å². The molecule has 0 aromatic carbocycles. The summed E-state index contributed by atoms with van der Waals surface area (Å²) in [5.41, 5.74) is 1.38. The Morgan fingerprint density at radius 3 is 3.00 bits per heavy atom. The van der Waals surface area contributed by atoms with Crippen LogP contribution < -0.4 is 5.32 Å². The van der Waals surface area contributed by atoms with E-state index in [2.05, 4.69) is 34.0 Å². The maximum absolute atomic E-state index is 12.4. The number of hydrogen-bond acceptors (Lipinski definition) is 4. The molecule has 122 valence electrons. The van der Waals surface area contributed by atoms with Gasteiger partial charge in [-0.05, 0) is 35.7 Å². The van der Waals surface area contributed by atoms with E-state index in [-0.39, 0.29) is 6.03 Å². The van der Waals surface area contributed by atoms with Gasteiger partial charge in [-0.3, -0.25) is 4.90 Å². The molecule has 3 rings (SSSR count). The topological polar surface area (TPSA) is 44.8 Å². The first-order chi connectivity index (χ1) is 10.7. The molecular formula is C16H25N3O2S. The first kappa shape index (κ1) is 15.8. The van der Waals surface area contributed by atoms with E-state index in [4.69, 9.17) is 4.74 Å². The Kier molecular flexibility index (Phi) is 5.33. The molecule has 2 aliphatic heterocycles. The lowest BCUT2D eigenvalue weighted by Gasteiger charge is -2.27. The minimum absolute atomic E-state index is 0.0819. The highest BCUT2D eigenvalue weighted by Gasteiger charge is 2.33. The highest BCUT2D eigenvalue weighted by Crippen LogP contribution is 2.32. The first-order valence-corrected chi connectivity index (χ1v) is 9.05. The van der Waals surface area contributed by atoms with E-state index in [0.717, 1.165) is 45.8 Å². The number of morpholine rings is 1. The zero-order chi connectivity index (χ0) is 15.4. The number of amides is 2. The predicted molar refractivity (Wildman–Crippen MR) is 88.5 cm³/mol. The Labute approximate surface area is 136 Å². The number of ether oxygens (including phenoxy) is 1. The Morgan fingerprint density at radius 2 is 2.27 bits per heavy atom. The summed E-state index contributed by atoms with van der Waals surface area (Å²) in [4.78, 5) is 16.7. The number of hydrogen-bond donors (Lipinski definition) is 1. The van der Waals surface area contributed by atoms with E-state index in [1.165, 1.54) is 5.56 Å². The van der Waals surface area contributed by atoms with Gasteiger partial charge in [-0.2, -0.15) is 11.3 Å². The first-order valence-electron chi connectivity index (χ1n) is 8.10. The fraction of sp³-hybridized carbons (Fsp3) is 0.688. The van der Waals surface area contributed by atoms with Gasteiger partial charge in [-0.15, -0.1) is 0 Å². The fourth-order valence-electron chi connectivity index (χ4n) is 3.31. The average molecular weight is 323 g/mol. The molecule has 0 radical (unpaired) electrons. The van der Waals surface area contributed by atoms with E-state index in [9.17, 15) is 4.79 Å². The Hall–Kier alpha value is -1.11.